The Labute approximate surface area is 292 Å². The summed E-state index contributed by atoms with van der Waals surface area (Å²) in [7, 11) is -2.45. The monoisotopic (exact) mass is 718 g/mol. The molecule has 2 aromatic carbocycles. The summed E-state index contributed by atoms with van der Waals surface area (Å²) in [5.41, 5.74) is 1.58. The van der Waals surface area contributed by atoms with E-state index in [-0.39, 0.29) is 62.0 Å². The first-order chi connectivity index (χ1) is 24.4. The van der Waals surface area contributed by atoms with Crippen molar-refractivity contribution in [1.29, 1.82) is 0 Å². The second kappa shape index (κ2) is 19.2. The van der Waals surface area contributed by atoms with Crippen molar-refractivity contribution in [2.24, 2.45) is 0 Å². The number of hydrogen-bond donors (Lipinski definition) is 1. The Balaban J connectivity index is 1.31. The van der Waals surface area contributed by atoms with Gasteiger partial charge in [-0.05, 0) is 36.4 Å². The highest BCUT2D eigenvalue weighted by Gasteiger charge is 2.33. The largest absolute Gasteiger partial charge is 0.497 e. The number of benzene rings is 2. The minimum Gasteiger partial charge on any atom is -0.497 e. The maximum absolute atomic E-state index is 14.0. The molecular weight excluding hydrogens is 672 g/mol. The predicted molar refractivity (Wildman–Crippen MR) is 181 cm³/mol. The van der Waals surface area contributed by atoms with Crippen molar-refractivity contribution in [2.75, 3.05) is 99.4 Å². The van der Waals surface area contributed by atoms with Gasteiger partial charge in [0.2, 0.25) is 16.3 Å². The number of fused-ring (bicyclic) bond motifs is 1. The van der Waals surface area contributed by atoms with Crippen LogP contribution in [0.1, 0.15) is 17.9 Å². The van der Waals surface area contributed by atoms with Crippen molar-refractivity contribution in [1.82, 2.24) is 9.21 Å². The van der Waals surface area contributed by atoms with Crippen molar-refractivity contribution < 1.29 is 55.9 Å². The van der Waals surface area contributed by atoms with E-state index in [0.29, 0.717) is 70.5 Å². The third-order valence-corrected chi connectivity index (χ3v) is 10.2. The molecule has 1 N–H and O–H groups in total. The van der Waals surface area contributed by atoms with Gasteiger partial charge in [-0.2, -0.15) is 4.31 Å². The van der Waals surface area contributed by atoms with E-state index in [2.05, 4.69) is 0 Å². The lowest BCUT2D eigenvalue weighted by Gasteiger charge is -2.32. The molecule has 1 fully saturated rings. The molecule has 0 spiro atoms. The highest BCUT2D eigenvalue weighted by atomic mass is 32.2. The van der Waals surface area contributed by atoms with Crippen LogP contribution in [0.5, 0.6) is 5.75 Å². The zero-order valence-electron chi connectivity index (χ0n) is 28.3. The smallest absolute Gasteiger partial charge is 0.288 e. The van der Waals surface area contributed by atoms with Gasteiger partial charge in [-0.25, -0.2) is 8.42 Å². The number of aliphatic hydroxyl groups excluding tert-OH is 1. The second-order valence-corrected chi connectivity index (χ2v) is 13.5. The highest BCUT2D eigenvalue weighted by molar-refractivity contribution is 7.89. The number of carbonyl (C=O) groups excluding carboxylic acids is 1. The van der Waals surface area contributed by atoms with Gasteiger partial charge in [0.15, 0.2) is 5.76 Å². The van der Waals surface area contributed by atoms with Gasteiger partial charge in [-0.3, -0.25) is 4.79 Å². The van der Waals surface area contributed by atoms with E-state index in [1.807, 2.05) is 24.3 Å². The molecule has 0 aliphatic carbocycles. The Bertz CT molecular complexity index is 1610. The zero-order valence-corrected chi connectivity index (χ0v) is 29.1. The number of nitrogens with zero attached hydrogens (tertiary/aromatic N) is 2. The summed E-state index contributed by atoms with van der Waals surface area (Å²) in [4.78, 5) is 15.7. The second-order valence-electron chi connectivity index (χ2n) is 11.5. The SMILES string of the molecule is COc1ccc(S(=O)(=O)N(CCO)CCOC2CC(c3coc4ccccc34)C=C(C(=O)N3CCOCCOCCOCCOCC3)O2)cc1. The Morgan fingerprint density at radius 1 is 0.900 bits per heavy atom. The molecule has 3 aromatic rings. The number of hydrogen-bond acceptors (Lipinski definition) is 12. The van der Waals surface area contributed by atoms with Crippen LogP contribution < -0.4 is 4.74 Å². The third-order valence-electron chi connectivity index (χ3n) is 8.28. The van der Waals surface area contributed by atoms with Crippen LogP contribution in [-0.4, -0.2) is 134 Å². The van der Waals surface area contributed by atoms with E-state index in [1.54, 1.807) is 29.4 Å². The van der Waals surface area contributed by atoms with Gasteiger partial charge in [0.1, 0.15) is 11.3 Å². The number of aliphatic hydroxyl groups is 1. The molecule has 274 valence electrons. The number of carbonyl (C=O) groups is 1. The van der Waals surface area contributed by atoms with E-state index in [4.69, 9.17) is 37.6 Å². The number of methoxy groups -OCH3 is 1. The van der Waals surface area contributed by atoms with E-state index < -0.39 is 16.3 Å². The van der Waals surface area contributed by atoms with Crippen LogP contribution in [0.15, 0.2) is 75.9 Å². The first-order valence-electron chi connectivity index (χ1n) is 16.7. The van der Waals surface area contributed by atoms with Crippen molar-refractivity contribution in [2.45, 2.75) is 23.5 Å². The maximum atomic E-state index is 14.0. The summed E-state index contributed by atoms with van der Waals surface area (Å²) in [6, 6.07) is 13.7. The molecule has 0 radical (unpaired) electrons. The Morgan fingerprint density at radius 2 is 1.54 bits per heavy atom. The van der Waals surface area contributed by atoms with Crippen LogP contribution in [-0.2, 0) is 43.2 Å². The van der Waals surface area contributed by atoms with Crippen LogP contribution >= 0.6 is 0 Å². The molecule has 1 amide bonds. The molecule has 1 saturated heterocycles. The van der Waals surface area contributed by atoms with Gasteiger partial charge < -0.3 is 47.6 Å². The third kappa shape index (κ3) is 10.3. The summed E-state index contributed by atoms with van der Waals surface area (Å²) in [6.45, 7) is 3.06. The van der Waals surface area contributed by atoms with Gasteiger partial charge in [-0.15, -0.1) is 0 Å². The summed E-state index contributed by atoms with van der Waals surface area (Å²) in [5.74, 6) is -0.0477. The lowest BCUT2D eigenvalue weighted by molar-refractivity contribution is -0.153. The summed E-state index contributed by atoms with van der Waals surface area (Å²) >= 11 is 0. The molecule has 2 aliphatic heterocycles. The Morgan fingerprint density at radius 3 is 2.18 bits per heavy atom. The van der Waals surface area contributed by atoms with E-state index in [9.17, 15) is 18.3 Å². The fraction of sp³-hybridized carbons (Fsp3) is 0.514. The number of para-hydroxylation sites is 1. The summed E-state index contributed by atoms with van der Waals surface area (Å²) in [5, 5.41) is 10.6. The number of ether oxygens (including phenoxy) is 7. The normalized spacial score (nSPS) is 20.5. The lowest BCUT2D eigenvalue weighted by Crippen LogP contribution is -2.41. The number of allylic oxidation sites excluding steroid dienone is 1. The molecule has 3 heterocycles. The van der Waals surface area contributed by atoms with Crippen molar-refractivity contribution in [3.8, 4) is 5.75 Å². The fourth-order valence-electron chi connectivity index (χ4n) is 5.64. The molecule has 5 rings (SSSR count). The van der Waals surface area contributed by atoms with Crippen LogP contribution in [0.25, 0.3) is 11.0 Å². The number of furan rings is 1. The van der Waals surface area contributed by atoms with Crippen molar-refractivity contribution in [3.05, 3.63) is 72.2 Å². The van der Waals surface area contributed by atoms with Gasteiger partial charge in [0.05, 0.1) is 84.3 Å². The number of amides is 1. The average molecular weight is 719 g/mol. The molecule has 15 heteroatoms. The van der Waals surface area contributed by atoms with Gasteiger partial charge >= 0.3 is 0 Å². The van der Waals surface area contributed by atoms with Crippen molar-refractivity contribution in [3.63, 3.8) is 0 Å². The summed E-state index contributed by atoms with van der Waals surface area (Å²) in [6.07, 6.45) is 2.92. The van der Waals surface area contributed by atoms with Crippen LogP contribution in [0.2, 0.25) is 0 Å². The Kier molecular flexibility index (Phi) is 14.5. The lowest BCUT2D eigenvalue weighted by atomic mass is 9.92. The number of rotatable bonds is 11. The van der Waals surface area contributed by atoms with Crippen LogP contribution in [0.4, 0.5) is 0 Å². The molecule has 14 nitrogen and oxygen atoms in total. The molecular formula is C35H46N2O12S. The molecule has 50 heavy (non-hydrogen) atoms. The van der Waals surface area contributed by atoms with Gasteiger partial charge in [-0.1, -0.05) is 18.2 Å². The summed E-state index contributed by atoms with van der Waals surface area (Å²) < 4.78 is 73.7. The number of sulfonamides is 1. The van der Waals surface area contributed by atoms with Crippen LogP contribution in [0.3, 0.4) is 0 Å². The first-order valence-corrected chi connectivity index (χ1v) is 18.2. The predicted octanol–water partition coefficient (Wildman–Crippen LogP) is 2.76. The Hall–Kier alpha value is -3.54. The highest BCUT2D eigenvalue weighted by Crippen LogP contribution is 2.36. The van der Waals surface area contributed by atoms with Gasteiger partial charge in [0.25, 0.3) is 5.91 Å². The van der Waals surface area contributed by atoms with E-state index >= 15 is 0 Å². The maximum Gasteiger partial charge on any atom is 0.288 e. The minimum absolute atomic E-state index is 0.0595. The van der Waals surface area contributed by atoms with Crippen molar-refractivity contribution >= 4 is 26.9 Å². The fourth-order valence-corrected chi connectivity index (χ4v) is 7.06. The first kappa shape index (κ1) is 37.7. The molecule has 1 aromatic heterocycles. The molecule has 2 aliphatic rings. The molecule has 0 saturated carbocycles. The quantitative estimate of drug-likeness (QED) is 0.310. The zero-order chi connectivity index (χ0) is 35.2. The molecule has 2 atom stereocenters. The standard InChI is InChI=1S/C35H46N2O12S/c1-42-28-6-8-29(9-7-28)50(40,41)37(10-14-38)13-17-47-34-25-27(31-26-48-32-5-3-2-4-30(31)32)24-33(49-34)35(39)36-11-15-43-18-20-45-22-23-46-21-19-44-16-12-36/h2-9,24,26-27,34,38H,10-23,25H2,1H3. The molecule has 0 bridgehead atoms. The van der Waals surface area contributed by atoms with Gasteiger partial charge in [0, 0.05) is 49.5 Å². The topological polar surface area (TPSA) is 156 Å². The average Bonchev–Trinajstić information content (AvgIpc) is 3.57. The van der Waals surface area contributed by atoms with E-state index in [0.717, 1.165) is 15.3 Å². The minimum atomic E-state index is -3.95. The van der Waals surface area contributed by atoms with E-state index in [1.165, 1.54) is 19.2 Å². The molecule has 2 unspecified atom stereocenters. The van der Waals surface area contributed by atoms with Crippen LogP contribution in [0, 0.1) is 0 Å².